The predicted octanol–water partition coefficient (Wildman–Crippen LogP) is 1.57. The van der Waals surface area contributed by atoms with Gasteiger partial charge in [0, 0.05) is 23.9 Å². The highest BCUT2D eigenvalue weighted by atomic mass is 16.1. The number of anilines is 1. The number of carbonyl (C=O) groups excluding carboxylic acids is 1. The van der Waals surface area contributed by atoms with Crippen LogP contribution in [0.2, 0.25) is 0 Å². The van der Waals surface area contributed by atoms with Gasteiger partial charge in [0.2, 0.25) is 0 Å². The van der Waals surface area contributed by atoms with Crippen molar-refractivity contribution in [1.29, 1.82) is 0 Å². The van der Waals surface area contributed by atoms with E-state index < -0.39 is 0 Å². The van der Waals surface area contributed by atoms with Crippen molar-refractivity contribution in [3.8, 4) is 11.1 Å². The van der Waals surface area contributed by atoms with Gasteiger partial charge in [-0.1, -0.05) is 6.07 Å². The first-order chi connectivity index (χ1) is 8.25. The summed E-state index contributed by atoms with van der Waals surface area (Å²) in [5, 5.41) is 2.79. The Bertz CT molecular complexity index is 607. The van der Waals surface area contributed by atoms with Gasteiger partial charge >= 0.3 is 0 Å². The fourth-order valence-corrected chi connectivity index (χ4v) is 2.06. The van der Waals surface area contributed by atoms with Gasteiger partial charge < -0.3 is 11.1 Å². The third-order valence-corrected chi connectivity index (χ3v) is 2.94. The average Bonchev–Trinajstić information content (AvgIpc) is 2.71. The fraction of sp³-hybridized carbons (Fsp3) is 0.0769. The van der Waals surface area contributed by atoms with Crippen LogP contribution in [0, 0.1) is 0 Å². The maximum Gasteiger partial charge on any atom is 0.251 e. The minimum Gasteiger partial charge on any atom is -0.383 e. The van der Waals surface area contributed by atoms with Crippen molar-refractivity contribution in [1.82, 2.24) is 10.3 Å². The molecule has 0 atom stereocenters. The highest BCUT2D eigenvalue weighted by molar-refractivity contribution is 5.99. The summed E-state index contributed by atoms with van der Waals surface area (Å²) < 4.78 is 0. The van der Waals surface area contributed by atoms with E-state index in [0.717, 1.165) is 22.3 Å². The molecule has 0 bridgehead atoms. The van der Waals surface area contributed by atoms with Crippen molar-refractivity contribution in [2.45, 2.75) is 6.54 Å². The number of nitrogen functional groups attached to an aromatic ring is 1. The molecule has 3 N–H and O–H groups in total. The number of pyridine rings is 1. The van der Waals surface area contributed by atoms with Crippen LogP contribution in [0.5, 0.6) is 0 Å². The van der Waals surface area contributed by atoms with Crippen molar-refractivity contribution in [3.63, 3.8) is 0 Å². The molecule has 1 aromatic carbocycles. The van der Waals surface area contributed by atoms with Crippen LogP contribution < -0.4 is 11.1 Å². The molecule has 0 unspecified atom stereocenters. The van der Waals surface area contributed by atoms with E-state index in [1.54, 1.807) is 6.20 Å². The molecule has 0 saturated carbocycles. The predicted molar refractivity (Wildman–Crippen MR) is 65.3 cm³/mol. The Morgan fingerprint density at radius 3 is 2.94 bits per heavy atom. The minimum atomic E-state index is -0.00860. The zero-order valence-electron chi connectivity index (χ0n) is 9.10. The van der Waals surface area contributed by atoms with E-state index in [0.29, 0.717) is 12.4 Å². The Balaban J connectivity index is 2.12. The quantitative estimate of drug-likeness (QED) is 0.774. The Morgan fingerprint density at radius 2 is 2.12 bits per heavy atom. The van der Waals surface area contributed by atoms with Crippen LogP contribution in [-0.4, -0.2) is 10.9 Å². The van der Waals surface area contributed by atoms with E-state index in [4.69, 9.17) is 5.73 Å². The van der Waals surface area contributed by atoms with Gasteiger partial charge in [0.15, 0.2) is 0 Å². The third-order valence-electron chi connectivity index (χ3n) is 2.94. The second kappa shape index (κ2) is 3.59. The lowest BCUT2D eigenvalue weighted by Gasteiger charge is -2.05. The van der Waals surface area contributed by atoms with Crippen molar-refractivity contribution in [2.75, 3.05) is 5.73 Å². The van der Waals surface area contributed by atoms with Crippen molar-refractivity contribution in [2.24, 2.45) is 0 Å². The first kappa shape index (κ1) is 9.84. The molecule has 2 heterocycles. The molecule has 2 aromatic rings. The zero-order valence-corrected chi connectivity index (χ0v) is 9.10. The molecule has 1 aromatic heterocycles. The van der Waals surface area contributed by atoms with Crippen LogP contribution in [0.25, 0.3) is 11.1 Å². The van der Waals surface area contributed by atoms with Gasteiger partial charge in [-0.25, -0.2) is 4.98 Å². The molecule has 17 heavy (non-hydrogen) atoms. The second-order valence-corrected chi connectivity index (χ2v) is 3.99. The first-order valence-corrected chi connectivity index (χ1v) is 5.38. The number of fused-ring (bicyclic) bond motifs is 1. The Kier molecular flexibility index (Phi) is 2.08. The molecular weight excluding hydrogens is 214 g/mol. The van der Waals surface area contributed by atoms with Gasteiger partial charge in [0.25, 0.3) is 5.91 Å². The molecule has 4 heteroatoms. The number of hydrogen-bond acceptors (Lipinski definition) is 3. The van der Waals surface area contributed by atoms with Crippen molar-refractivity contribution < 1.29 is 4.79 Å². The maximum absolute atomic E-state index is 11.4. The molecule has 0 aliphatic carbocycles. The molecule has 84 valence electrons. The van der Waals surface area contributed by atoms with Gasteiger partial charge in [0.05, 0.1) is 0 Å². The standard InChI is InChI=1S/C13H11N3O/c14-12-10(2-1-5-15-12)8-3-4-11-9(6-8)7-16-13(11)17/h1-6H,7H2,(H2,14,15)(H,16,17). The molecule has 4 nitrogen and oxygen atoms in total. The number of benzene rings is 1. The van der Waals surface area contributed by atoms with Crippen LogP contribution in [-0.2, 0) is 6.54 Å². The maximum atomic E-state index is 11.4. The SMILES string of the molecule is Nc1ncccc1-c1ccc2c(c1)CNC2=O. The molecule has 1 aliphatic heterocycles. The Labute approximate surface area is 98.5 Å². The van der Waals surface area contributed by atoms with Crippen LogP contribution in [0.4, 0.5) is 5.82 Å². The normalized spacial score (nSPS) is 13.3. The Hall–Kier alpha value is -2.36. The summed E-state index contributed by atoms with van der Waals surface area (Å²) >= 11 is 0. The lowest BCUT2D eigenvalue weighted by atomic mass is 10.0. The number of nitrogens with two attached hydrogens (primary N) is 1. The molecule has 1 aliphatic rings. The second-order valence-electron chi connectivity index (χ2n) is 3.99. The molecule has 0 radical (unpaired) electrons. The summed E-state index contributed by atoms with van der Waals surface area (Å²) in [7, 11) is 0. The molecule has 1 amide bonds. The molecule has 0 fully saturated rings. The summed E-state index contributed by atoms with van der Waals surface area (Å²) in [6.45, 7) is 0.585. The van der Waals surface area contributed by atoms with Gasteiger partial charge in [0.1, 0.15) is 5.82 Å². The summed E-state index contributed by atoms with van der Waals surface area (Å²) in [5.74, 6) is 0.496. The number of hydrogen-bond donors (Lipinski definition) is 2. The topological polar surface area (TPSA) is 68.0 Å². The van der Waals surface area contributed by atoms with Gasteiger partial charge in [-0.15, -0.1) is 0 Å². The monoisotopic (exact) mass is 225 g/mol. The van der Waals surface area contributed by atoms with E-state index in [9.17, 15) is 4.79 Å². The van der Waals surface area contributed by atoms with Crippen LogP contribution >= 0.6 is 0 Å². The largest absolute Gasteiger partial charge is 0.383 e. The van der Waals surface area contributed by atoms with E-state index in [2.05, 4.69) is 10.3 Å². The highest BCUT2D eigenvalue weighted by Crippen LogP contribution is 2.27. The molecule has 0 saturated heterocycles. The van der Waals surface area contributed by atoms with Crippen molar-refractivity contribution >= 4 is 11.7 Å². The van der Waals surface area contributed by atoms with Gasteiger partial charge in [-0.05, 0) is 35.4 Å². The summed E-state index contributed by atoms with van der Waals surface area (Å²) in [6.07, 6.45) is 1.66. The van der Waals surface area contributed by atoms with Crippen LogP contribution in [0.3, 0.4) is 0 Å². The number of nitrogens with zero attached hydrogens (tertiary/aromatic N) is 1. The average molecular weight is 225 g/mol. The lowest BCUT2D eigenvalue weighted by molar-refractivity contribution is 0.0966. The summed E-state index contributed by atoms with van der Waals surface area (Å²) in [4.78, 5) is 15.5. The lowest BCUT2D eigenvalue weighted by Crippen LogP contribution is -2.12. The number of amides is 1. The number of nitrogens with one attached hydrogen (secondary N) is 1. The van der Waals surface area contributed by atoms with E-state index >= 15 is 0 Å². The van der Waals surface area contributed by atoms with Crippen LogP contribution in [0.15, 0.2) is 36.5 Å². The van der Waals surface area contributed by atoms with E-state index in [1.165, 1.54) is 0 Å². The first-order valence-electron chi connectivity index (χ1n) is 5.38. The smallest absolute Gasteiger partial charge is 0.251 e. The van der Waals surface area contributed by atoms with Gasteiger partial charge in [-0.3, -0.25) is 4.79 Å². The molecule has 0 spiro atoms. The highest BCUT2D eigenvalue weighted by Gasteiger charge is 2.19. The Morgan fingerprint density at radius 1 is 1.24 bits per heavy atom. The van der Waals surface area contributed by atoms with Crippen LogP contribution in [0.1, 0.15) is 15.9 Å². The zero-order chi connectivity index (χ0) is 11.8. The number of aromatic nitrogens is 1. The summed E-state index contributed by atoms with van der Waals surface area (Å²) in [6, 6.07) is 9.49. The third kappa shape index (κ3) is 1.54. The molecular formula is C13H11N3O. The summed E-state index contributed by atoms with van der Waals surface area (Å²) in [5.41, 5.74) is 9.48. The molecule has 3 rings (SSSR count). The number of rotatable bonds is 1. The van der Waals surface area contributed by atoms with Gasteiger partial charge in [-0.2, -0.15) is 0 Å². The van der Waals surface area contributed by atoms with E-state index in [1.807, 2.05) is 30.3 Å². The fourth-order valence-electron chi connectivity index (χ4n) is 2.06. The number of carbonyl (C=O) groups is 1. The van der Waals surface area contributed by atoms with Crippen molar-refractivity contribution in [3.05, 3.63) is 47.7 Å². The minimum absolute atomic E-state index is 0.00860. The van der Waals surface area contributed by atoms with E-state index in [-0.39, 0.29) is 5.91 Å².